The third-order valence-electron chi connectivity index (χ3n) is 4.38. The molecule has 116 valence electrons. The number of aliphatic hydroxyl groups is 1. The first-order valence-corrected chi connectivity index (χ1v) is 7.68. The molecule has 0 radical (unpaired) electrons. The summed E-state index contributed by atoms with van der Waals surface area (Å²) in [6, 6.07) is 9.36. The number of rotatable bonds is 4. The molecule has 1 aromatic carbocycles. The van der Waals surface area contributed by atoms with Crippen LogP contribution >= 0.6 is 0 Å². The molecule has 1 aliphatic rings. The number of benzene rings is 1. The summed E-state index contributed by atoms with van der Waals surface area (Å²) in [4.78, 5) is 14.2. The van der Waals surface area contributed by atoms with Gasteiger partial charge in [-0.15, -0.1) is 0 Å². The number of likely N-dealkylation sites (N-methyl/N-ethyl adjacent to an activating group) is 1. The van der Waals surface area contributed by atoms with Crippen molar-refractivity contribution in [3.8, 4) is 11.1 Å². The van der Waals surface area contributed by atoms with Crippen LogP contribution in [0.25, 0.3) is 11.1 Å². The zero-order chi connectivity index (χ0) is 15.6. The van der Waals surface area contributed by atoms with Crippen LogP contribution in [0.3, 0.4) is 0 Å². The van der Waals surface area contributed by atoms with Crippen molar-refractivity contribution in [3.63, 3.8) is 0 Å². The fourth-order valence-electron chi connectivity index (χ4n) is 3.19. The first-order chi connectivity index (χ1) is 10.6. The second kappa shape index (κ2) is 5.97. The molecule has 2 aromatic rings. The number of carbonyl (C=O) groups excluding carboxylic acids is 1. The highest BCUT2D eigenvalue weighted by Crippen LogP contribution is 2.30. The predicted octanol–water partition coefficient (Wildman–Crippen LogP) is 3.32. The quantitative estimate of drug-likeness (QED) is 0.942. The van der Waals surface area contributed by atoms with Gasteiger partial charge in [-0.3, -0.25) is 4.79 Å². The first kappa shape index (κ1) is 14.9. The molecule has 1 N–H and O–H groups in total. The Balaban J connectivity index is 1.75. The van der Waals surface area contributed by atoms with Crippen LogP contribution in [0.1, 0.15) is 36.0 Å². The topological polar surface area (TPSA) is 53.7 Å². The molecule has 3 rings (SSSR count). The number of nitrogens with zero attached hydrogens (tertiary/aromatic N) is 1. The van der Waals surface area contributed by atoms with Gasteiger partial charge in [0.1, 0.15) is 0 Å². The summed E-state index contributed by atoms with van der Waals surface area (Å²) in [6.07, 6.45) is 6.91. The Morgan fingerprint density at radius 1 is 1.27 bits per heavy atom. The molecule has 4 nitrogen and oxygen atoms in total. The molecular formula is C18H21NO3. The van der Waals surface area contributed by atoms with Crippen molar-refractivity contribution >= 4 is 5.91 Å². The smallest absolute Gasteiger partial charge is 0.253 e. The van der Waals surface area contributed by atoms with Gasteiger partial charge >= 0.3 is 0 Å². The van der Waals surface area contributed by atoms with Crippen molar-refractivity contribution in [1.82, 2.24) is 4.90 Å². The summed E-state index contributed by atoms with van der Waals surface area (Å²) in [5, 5.41) is 10.5. The molecule has 1 amide bonds. The van der Waals surface area contributed by atoms with E-state index < -0.39 is 5.60 Å². The second-order valence-electron chi connectivity index (χ2n) is 6.19. The van der Waals surface area contributed by atoms with Gasteiger partial charge in [-0.2, -0.15) is 0 Å². The lowest BCUT2D eigenvalue weighted by atomic mass is 10.0. The van der Waals surface area contributed by atoms with E-state index in [2.05, 4.69) is 0 Å². The van der Waals surface area contributed by atoms with Crippen LogP contribution in [0.2, 0.25) is 0 Å². The molecule has 1 aromatic heterocycles. The Morgan fingerprint density at radius 2 is 2.05 bits per heavy atom. The highest BCUT2D eigenvalue weighted by molar-refractivity contribution is 5.95. The van der Waals surface area contributed by atoms with Crippen molar-refractivity contribution in [3.05, 3.63) is 48.4 Å². The molecule has 0 bridgehead atoms. The molecule has 0 spiro atoms. The summed E-state index contributed by atoms with van der Waals surface area (Å²) in [7, 11) is 1.75. The molecule has 0 aliphatic heterocycles. The number of furan rings is 1. The van der Waals surface area contributed by atoms with E-state index >= 15 is 0 Å². The molecule has 1 saturated carbocycles. The van der Waals surface area contributed by atoms with E-state index in [-0.39, 0.29) is 5.91 Å². The summed E-state index contributed by atoms with van der Waals surface area (Å²) in [5.74, 6) is -0.0642. The predicted molar refractivity (Wildman–Crippen MR) is 84.5 cm³/mol. The average molecular weight is 299 g/mol. The Bertz CT molecular complexity index is 642. The number of hydrogen-bond donors (Lipinski definition) is 1. The monoisotopic (exact) mass is 299 g/mol. The highest BCUT2D eigenvalue weighted by Gasteiger charge is 2.33. The zero-order valence-electron chi connectivity index (χ0n) is 12.8. The van der Waals surface area contributed by atoms with Crippen LogP contribution < -0.4 is 0 Å². The van der Waals surface area contributed by atoms with Crippen LogP contribution in [-0.2, 0) is 0 Å². The van der Waals surface area contributed by atoms with Crippen LogP contribution in [0, 0.1) is 0 Å². The SMILES string of the molecule is CN(CC1(O)CCCC1)C(=O)c1cccc(-c2ccoc2)c1. The molecule has 0 saturated heterocycles. The van der Waals surface area contributed by atoms with E-state index in [0.717, 1.165) is 36.8 Å². The van der Waals surface area contributed by atoms with Crippen LogP contribution in [0.5, 0.6) is 0 Å². The van der Waals surface area contributed by atoms with Gasteiger partial charge in [0.05, 0.1) is 18.1 Å². The highest BCUT2D eigenvalue weighted by atomic mass is 16.3. The minimum Gasteiger partial charge on any atom is -0.472 e. The second-order valence-corrected chi connectivity index (χ2v) is 6.19. The van der Waals surface area contributed by atoms with Gasteiger partial charge in [-0.25, -0.2) is 0 Å². The summed E-state index contributed by atoms with van der Waals surface area (Å²) >= 11 is 0. The summed E-state index contributed by atoms with van der Waals surface area (Å²) < 4.78 is 5.09. The van der Waals surface area contributed by atoms with Gasteiger partial charge in [0, 0.05) is 24.7 Å². The molecule has 4 heteroatoms. The molecule has 1 aliphatic carbocycles. The lowest BCUT2D eigenvalue weighted by molar-refractivity contribution is 0.0157. The third-order valence-corrected chi connectivity index (χ3v) is 4.38. The van der Waals surface area contributed by atoms with Gasteiger partial charge in [-0.1, -0.05) is 25.0 Å². The zero-order valence-corrected chi connectivity index (χ0v) is 12.8. The van der Waals surface area contributed by atoms with Gasteiger partial charge in [0.15, 0.2) is 0 Å². The lowest BCUT2D eigenvalue weighted by Crippen LogP contribution is -2.42. The lowest BCUT2D eigenvalue weighted by Gasteiger charge is -2.28. The Hall–Kier alpha value is -2.07. The van der Waals surface area contributed by atoms with E-state index in [1.165, 1.54) is 0 Å². The Kier molecular flexibility index (Phi) is 4.03. The minimum atomic E-state index is -0.716. The fraction of sp³-hybridized carbons (Fsp3) is 0.389. The van der Waals surface area contributed by atoms with Crippen LogP contribution in [0.4, 0.5) is 0 Å². The van der Waals surface area contributed by atoms with Crippen LogP contribution in [0.15, 0.2) is 47.3 Å². The molecule has 1 fully saturated rings. The van der Waals surface area contributed by atoms with E-state index in [1.54, 1.807) is 30.5 Å². The average Bonchev–Trinajstić information content (AvgIpc) is 3.18. The number of carbonyl (C=O) groups is 1. The summed E-state index contributed by atoms with van der Waals surface area (Å²) in [5.41, 5.74) is 1.81. The standard InChI is InChI=1S/C18H21NO3/c1-19(13-18(21)8-2-3-9-18)17(20)15-6-4-5-14(11-15)16-7-10-22-12-16/h4-7,10-12,21H,2-3,8-9,13H2,1H3. The number of hydrogen-bond acceptors (Lipinski definition) is 3. The van der Waals surface area contributed by atoms with Gasteiger partial charge in [-0.05, 0) is 36.6 Å². The molecule has 0 atom stereocenters. The van der Waals surface area contributed by atoms with Gasteiger partial charge < -0.3 is 14.4 Å². The largest absolute Gasteiger partial charge is 0.472 e. The van der Waals surface area contributed by atoms with Gasteiger partial charge in [0.2, 0.25) is 0 Å². The minimum absolute atomic E-state index is 0.0642. The molecule has 0 unspecified atom stereocenters. The van der Waals surface area contributed by atoms with Crippen molar-refractivity contribution in [2.24, 2.45) is 0 Å². The molecule has 1 heterocycles. The fourth-order valence-corrected chi connectivity index (χ4v) is 3.19. The number of amides is 1. The Labute approximate surface area is 130 Å². The van der Waals surface area contributed by atoms with E-state index in [1.807, 2.05) is 24.3 Å². The third kappa shape index (κ3) is 3.07. The summed E-state index contributed by atoms with van der Waals surface area (Å²) in [6.45, 7) is 0.391. The van der Waals surface area contributed by atoms with Gasteiger partial charge in [0.25, 0.3) is 5.91 Å². The van der Waals surface area contributed by atoms with Crippen molar-refractivity contribution in [2.45, 2.75) is 31.3 Å². The van der Waals surface area contributed by atoms with Crippen LogP contribution in [-0.4, -0.2) is 35.1 Å². The maximum atomic E-state index is 12.6. The Morgan fingerprint density at radius 3 is 2.73 bits per heavy atom. The maximum Gasteiger partial charge on any atom is 0.253 e. The van der Waals surface area contributed by atoms with Crippen molar-refractivity contribution in [1.29, 1.82) is 0 Å². The molecule has 22 heavy (non-hydrogen) atoms. The normalized spacial score (nSPS) is 16.6. The molecular weight excluding hydrogens is 278 g/mol. The van der Waals surface area contributed by atoms with Crippen molar-refractivity contribution in [2.75, 3.05) is 13.6 Å². The van der Waals surface area contributed by atoms with Crippen molar-refractivity contribution < 1.29 is 14.3 Å². The maximum absolute atomic E-state index is 12.6. The van der Waals surface area contributed by atoms with E-state index in [9.17, 15) is 9.90 Å². The first-order valence-electron chi connectivity index (χ1n) is 7.68. The van der Waals surface area contributed by atoms with E-state index in [4.69, 9.17) is 4.42 Å². The van der Waals surface area contributed by atoms with E-state index in [0.29, 0.717) is 12.1 Å².